The van der Waals surface area contributed by atoms with E-state index in [1.54, 1.807) is 48.5 Å². The molecular formula is C22H15FN2O3. The van der Waals surface area contributed by atoms with Crippen molar-refractivity contribution >= 4 is 23.1 Å². The van der Waals surface area contributed by atoms with Crippen molar-refractivity contribution in [2.75, 3.05) is 4.90 Å². The molecule has 138 valence electrons. The van der Waals surface area contributed by atoms with Gasteiger partial charge >= 0.3 is 0 Å². The Morgan fingerprint density at radius 2 is 1.61 bits per heavy atom. The van der Waals surface area contributed by atoms with Gasteiger partial charge in [-0.25, -0.2) is 4.39 Å². The van der Waals surface area contributed by atoms with Crippen LogP contribution >= 0.6 is 0 Å². The summed E-state index contributed by atoms with van der Waals surface area (Å²) < 4.78 is 13.4. The number of ketones is 1. The monoisotopic (exact) mass is 374 g/mol. The first-order valence-corrected chi connectivity index (χ1v) is 8.61. The number of hydrogen-bond donors (Lipinski definition) is 1. The van der Waals surface area contributed by atoms with Gasteiger partial charge in [0.15, 0.2) is 5.76 Å². The number of rotatable bonds is 3. The van der Waals surface area contributed by atoms with E-state index in [1.807, 2.05) is 0 Å². The molecule has 0 saturated carbocycles. The van der Waals surface area contributed by atoms with Gasteiger partial charge in [-0.1, -0.05) is 36.4 Å². The molecule has 3 aromatic rings. The fraction of sp³-hybridized carbons (Fsp3) is 0.0455. The van der Waals surface area contributed by atoms with Crippen molar-refractivity contribution in [1.29, 1.82) is 0 Å². The number of para-hydroxylation sites is 1. The topological polar surface area (TPSA) is 70.5 Å². The maximum Gasteiger partial charge on any atom is 0.300 e. The molecule has 0 bridgehead atoms. The van der Waals surface area contributed by atoms with Crippen LogP contribution < -0.4 is 4.90 Å². The van der Waals surface area contributed by atoms with Gasteiger partial charge in [-0.15, -0.1) is 0 Å². The number of nitrogens with zero attached hydrogens (tertiary/aromatic N) is 2. The first-order valence-electron chi connectivity index (χ1n) is 8.61. The van der Waals surface area contributed by atoms with Gasteiger partial charge in [0.2, 0.25) is 0 Å². The van der Waals surface area contributed by atoms with E-state index < -0.39 is 23.5 Å². The Kier molecular flexibility index (Phi) is 4.45. The summed E-state index contributed by atoms with van der Waals surface area (Å²) in [7, 11) is 0. The maximum absolute atomic E-state index is 13.4. The summed E-state index contributed by atoms with van der Waals surface area (Å²) in [5.41, 5.74) is 1.10. The minimum Gasteiger partial charge on any atom is -0.505 e. The van der Waals surface area contributed by atoms with E-state index in [0.29, 0.717) is 11.3 Å². The molecular weight excluding hydrogens is 359 g/mol. The van der Waals surface area contributed by atoms with Crippen molar-refractivity contribution in [3.05, 3.63) is 102 Å². The predicted molar refractivity (Wildman–Crippen MR) is 102 cm³/mol. The lowest BCUT2D eigenvalue weighted by Crippen LogP contribution is -2.29. The van der Waals surface area contributed by atoms with Crippen LogP contribution in [0.25, 0.3) is 5.76 Å². The lowest BCUT2D eigenvalue weighted by molar-refractivity contribution is -0.132. The molecule has 2 aromatic carbocycles. The number of Topliss-reactive ketones (excluding diaryl/α,β-unsaturated/α-hetero) is 1. The number of halogens is 1. The molecule has 1 N–H and O–H groups in total. The number of pyridine rings is 1. The lowest BCUT2D eigenvalue weighted by Gasteiger charge is -2.25. The number of aliphatic hydroxyl groups is 1. The van der Waals surface area contributed by atoms with Crippen LogP contribution in [0.15, 0.2) is 84.6 Å². The van der Waals surface area contributed by atoms with E-state index >= 15 is 0 Å². The molecule has 1 amide bonds. The number of carbonyl (C=O) groups excluding carboxylic acids is 2. The highest BCUT2D eigenvalue weighted by Gasteiger charge is 2.47. The summed E-state index contributed by atoms with van der Waals surface area (Å²) in [6.45, 7) is 0. The zero-order valence-electron chi connectivity index (χ0n) is 14.6. The summed E-state index contributed by atoms with van der Waals surface area (Å²) in [4.78, 5) is 31.1. The van der Waals surface area contributed by atoms with Crippen molar-refractivity contribution in [2.24, 2.45) is 0 Å². The van der Waals surface area contributed by atoms with E-state index in [1.165, 1.54) is 35.4 Å². The van der Waals surface area contributed by atoms with E-state index in [2.05, 4.69) is 4.98 Å². The van der Waals surface area contributed by atoms with Crippen LogP contribution in [0.5, 0.6) is 0 Å². The molecule has 1 aromatic heterocycles. The smallest absolute Gasteiger partial charge is 0.300 e. The van der Waals surface area contributed by atoms with Gasteiger partial charge in [0.05, 0.1) is 11.6 Å². The number of aromatic nitrogens is 1. The lowest BCUT2D eigenvalue weighted by atomic mass is 9.96. The second-order valence-corrected chi connectivity index (χ2v) is 6.27. The maximum atomic E-state index is 13.4. The summed E-state index contributed by atoms with van der Waals surface area (Å²) in [6, 6.07) is 18.2. The standard InChI is InChI=1S/C22H15FN2O3/c23-15-11-9-14(10-12-15)19-18(20(26)17-8-4-5-13-24-17)21(27)22(28)25(19)16-6-2-1-3-7-16/h1-13,19,26H/t19-/m0/s1. The molecule has 1 fully saturated rings. The quantitative estimate of drug-likeness (QED) is 0.430. The van der Waals surface area contributed by atoms with Crippen LogP contribution in [-0.4, -0.2) is 21.8 Å². The van der Waals surface area contributed by atoms with Crippen molar-refractivity contribution in [1.82, 2.24) is 4.98 Å². The zero-order valence-corrected chi connectivity index (χ0v) is 14.6. The summed E-state index contributed by atoms with van der Waals surface area (Å²) in [5, 5.41) is 10.8. The van der Waals surface area contributed by atoms with E-state index in [0.717, 1.165) is 0 Å². The second kappa shape index (κ2) is 7.08. The first kappa shape index (κ1) is 17.6. The van der Waals surface area contributed by atoms with Crippen molar-refractivity contribution in [3.63, 3.8) is 0 Å². The average molecular weight is 374 g/mol. The number of anilines is 1. The number of amides is 1. The van der Waals surface area contributed by atoms with Gasteiger partial charge in [-0.3, -0.25) is 19.5 Å². The number of aliphatic hydroxyl groups excluding tert-OH is 1. The number of benzene rings is 2. The predicted octanol–water partition coefficient (Wildman–Crippen LogP) is 3.85. The Hall–Kier alpha value is -3.80. The van der Waals surface area contributed by atoms with Crippen LogP contribution in [0, 0.1) is 5.82 Å². The highest BCUT2D eigenvalue weighted by atomic mass is 19.1. The normalized spacial score (nSPS) is 18.5. The molecule has 1 aliphatic heterocycles. The Bertz CT molecular complexity index is 1060. The van der Waals surface area contributed by atoms with Crippen LogP contribution in [0.1, 0.15) is 17.3 Å². The molecule has 5 nitrogen and oxygen atoms in total. The summed E-state index contributed by atoms with van der Waals surface area (Å²) >= 11 is 0. The van der Waals surface area contributed by atoms with Gasteiger partial charge < -0.3 is 5.11 Å². The minimum absolute atomic E-state index is 0.0841. The average Bonchev–Trinajstić information content (AvgIpc) is 3.00. The van der Waals surface area contributed by atoms with Crippen LogP contribution in [0.4, 0.5) is 10.1 Å². The third-order valence-electron chi connectivity index (χ3n) is 4.57. The van der Waals surface area contributed by atoms with E-state index in [9.17, 15) is 19.1 Å². The molecule has 2 heterocycles. The summed E-state index contributed by atoms with van der Waals surface area (Å²) in [5.74, 6) is -2.39. The summed E-state index contributed by atoms with van der Waals surface area (Å²) in [6.07, 6.45) is 1.48. The highest BCUT2D eigenvalue weighted by molar-refractivity contribution is 6.51. The van der Waals surface area contributed by atoms with Crippen molar-refractivity contribution in [2.45, 2.75) is 6.04 Å². The van der Waals surface area contributed by atoms with Crippen LogP contribution in [-0.2, 0) is 9.59 Å². The minimum atomic E-state index is -0.898. The van der Waals surface area contributed by atoms with E-state index in [4.69, 9.17) is 0 Å². The zero-order chi connectivity index (χ0) is 19.7. The Balaban J connectivity index is 1.95. The van der Waals surface area contributed by atoms with E-state index in [-0.39, 0.29) is 17.0 Å². The largest absolute Gasteiger partial charge is 0.505 e. The van der Waals surface area contributed by atoms with Crippen molar-refractivity contribution < 1.29 is 19.1 Å². The molecule has 1 saturated heterocycles. The molecule has 0 spiro atoms. The second-order valence-electron chi connectivity index (χ2n) is 6.27. The Morgan fingerprint density at radius 1 is 0.929 bits per heavy atom. The van der Waals surface area contributed by atoms with Crippen LogP contribution in [0.2, 0.25) is 0 Å². The third kappa shape index (κ3) is 2.95. The number of carbonyl (C=O) groups is 2. The van der Waals surface area contributed by atoms with Gasteiger partial charge in [-0.05, 0) is 42.0 Å². The third-order valence-corrected chi connectivity index (χ3v) is 4.57. The molecule has 1 atom stereocenters. The fourth-order valence-electron chi connectivity index (χ4n) is 3.29. The molecule has 0 aliphatic carbocycles. The van der Waals surface area contributed by atoms with Gasteiger partial charge in [0.25, 0.3) is 11.7 Å². The number of hydrogen-bond acceptors (Lipinski definition) is 4. The van der Waals surface area contributed by atoms with Gasteiger partial charge in [0, 0.05) is 11.9 Å². The SMILES string of the molecule is O=C1C(=O)N(c2ccccc2)[C@@H](c2ccc(F)cc2)C1=C(O)c1ccccn1. The molecule has 1 aliphatic rings. The van der Waals surface area contributed by atoms with Gasteiger partial charge in [-0.2, -0.15) is 0 Å². The molecule has 4 rings (SSSR count). The molecule has 0 radical (unpaired) electrons. The molecule has 0 unspecified atom stereocenters. The van der Waals surface area contributed by atoms with Crippen LogP contribution in [0.3, 0.4) is 0 Å². The highest BCUT2D eigenvalue weighted by Crippen LogP contribution is 2.41. The van der Waals surface area contributed by atoms with Gasteiger partial charge in [0.1, 0.15) is 11.5 Å². The Morgan fingerprint density at radius 3 is 2.25 bits per heavy atom. The molecule has 28 heavy (non-hydrogen) atoms. The van der Waals surface area contributed by atoms with Crippen molar-refractivity contribution in [3.8, 4) is 0 Å². The first-order chi connectivity index (χ1) is 13.6. The fourth-order valence-corrected chi connectivity index (χ4v) is 3.29. The molecule has 6 heteroatoms. The Labute approximate surface area is 160 Å².